The van der Waals surface area contributed by atoms with Gasteiger partial charge in [-0.25, -0.2) is 0 Å². The first-order valence-corrected chi connectivity index (χ1v) is 14.2. The van der Waals surface area contributed by atoms with Crippen LogP contribution in [0.3, 0.4) is 0 Å². The molecule has 5 atom stereocenters. The standard InChI is InChI=1S/C34H36N2O3/c1-4-17-34(39)18-16-29-27-14-10-23-20-25(37)13-15-26(23)31(27)28(21-33(29,34)2)22-8-11-24(12-9-22)36(3)32(38)30-7-5-6-19-35-30/h5-9,11-12,19-20,27-29,39H,10,13-16,18,21H2,1-3H3/t27-,28+,29-,33-,34-/m0/s1. The van der Waals surface area contributed by atoms with Crippen molar-refractivity contribution in [1.29, 1.82) is 0 Å². The summed E-state index contributed by atoms with van der Waals surface area (Å²) in [6, 6.07) is 13.7. The number of pyridine rings is 1. The van der Waals surface area contributed by atoms with Gasteiger partial charge in [0.15, 0.2) is 5.78 Å². The smallest absolute Gasteiger partial charge is 0.276 e. The van der Waals surface area contributed by atoms with E-state index in [1.54, 1.807) is 30.3 Å². The number of aliphatic hydroxyl groups is 1. The normalized spacial score (nSPS) is 31.3. The topological polar surface area (TPSA) is 70.5 Å². The monoisotopic (exact) mass is 520 g/mol. The highest BCUT2D eigenvalue weighted by Crippen LogP contribution is 2.66. The molecular weight excluding hydrogens is 484 g/mol. The predicted molar refractivity (Wildman–Crippen MR) is 152 cm³/mol. The van der Waals surface area contributed by atoms with Crippen LogP contribution in [0.5, 0.6) is 0 Å². The Bertz CT molecular complexity index is 1440. The zero-order valence-electron chi connectivity index (χ0n) is 23.0. The van der Waals surface area contributed by atoms with Crippen molar-refractivity contribution in [2.24, 2.45) is 17.3 Å². The van der Waals surface area contributed by atoms with E-state index in [-0.39, 0.29) is 23.0 Å². The molecule has 1 heterocycles. The summed E-state index contributed by atoms with van der Waals surface area (Å²) in [6.45, 7) is 4.08. The van der Waals surface area contributed by atoms with Crippen LogP contribution in [-0.2, 0) is 4.79 Å². The quantitative estimate of drug-likeness (QED) is 0.503. The summed E-state index contributed by atoms with van der Waals surface area (Å²) in [4.78, 5) is 31.1. The van der Waals surface area contributed by atoms with Crippen molar-refractivity contribution in [3.63, 3.8) is 0 Å². The number of carbonyl (C=O) groups excluding carboxylic acids is 2. The third-order valence-corrected chi connectivity index (χ3v) is 10.1. The average molecular weight is 521 g/mol. The molecule has 4 aliphatic rings. The van der Waals surface area contributed by atoms with E-state index in [4.69, 9.17) is 0 Å². The molecule has 2 saturated carbocycles. The summed E-state index contributed by atoms with van der Waals surface area (Å²) in [5, 5.41) is 11.9. The number of allylic oxidation sites excluding steroid dienone is 4. The Labute approximate surface area is 231 Å². The summed E-state index contributed by atoms with van der Waals surface area (Å²) >= 11 is 0. The summed E-state index contributed by atoms with van der Waals surface area (Å²) < 4.78 is 0. The SMILES string of the molecule is CC#C[C@]1(O)CC[C@H]2[C@@H]3CCC4=CC(=O)CCC4=C3[C@@H](c3ccc(N(C)C(=O)c4ccccn4)cc3)C[C@@]21C. The van der Waals surface area contributed by atoms with Gasteiger partial charge in [0.25, 0.3) is 5.91 Å². The Balaban J connectivity index is 1.41. The minimum atomic E-state index is -0.991. The number of aromatic nitrogens is 1. The lowest BCUT2D eigenvalue weighted by Crippen LogP contribution is -2.51. The van der Waals surface area contributed by atoms with Gasteiger partial charge in [-0.15, -0.1) is 5.92 Å². The van der Waals surface area contributed by atoms with E-state index < -0.39 is 5.60 Å². The second-order valence-corrected chi connectivity index (χ2v) is 11.9. The van der Waals surface area contributed by atoms with Crippen LogP contribution < -0.4 is 4.90 Å². The second-order valence-electron chi connectivity index (χ2n) is 11.9. The van der Waals surface area contributed by atoms with E-state index in [0.29, 0.717) is 30.4 Å². The molecule has 0 spiro atoms. The van der Waals surface area contributed by atoms with E-state index in [2.05, 4.69) is 35.9 Å². The Hall–Kier alpha value is -3.49. The van der Waals surface area contributed by atoms with Gasteiger partial charge in [0.1, 0.15) is 11.3 Å². The maximum absolute atomic E-state index is 13.0. The molecule has 1 aromatic heterocycles. The van der Waals surface area contributed by atoms with Crippen LogP contribution in [0.15, 0.2) is 71.5 Å². The van der Waals surface area contributed by atoms with Crippen LogP contribution in [0.4, 0.5) is 5.69 Å². The molecule has 1 amide bonds. The van der Waals surface area contributed by atoms with Crippen LogP contribution in [0.1, 0.15) is 80.8 Å². The Morgan fingerprint density at radius 2 is 1.90 bits per heavy atom. The molecule has 2 aromatic rings. The van der Waals surface area contributed by atoms with Crippen molar-refractivity contribution in [2.45, 2.75) is 70.3 Å². The van der Waals surface area contributed by atoms with Gasteiger partial charge in [-0.2, -0.15) is 0 Å². The fourth-order valence-electron chi connectivity index (χ4n) is 8.08. The van der Waals surface area contributed by atoms with Crippen molar-refractivity contribution in [1.82, 2.24) is 4.98 Å². The lowest BCUT2D eigenvalue weighted by atomic mass is 9.51. The largest absolute Gasteiger partial charge is 0.377 e. The molecule has 0 bridgehead atoms. The fourth-order valence-corrected chi connectivity index (χ4v) is 8.08. The van der Waals surface area contributed by atoms with Gasteiger partial charge in [-0.1, -0.05) is 36.6 Å². The molecule has 0 radical (unpaired) electrons. The number of hydrogen-bond donors (Lipinski definition) is 1. The van der Waals surface area contributed by atoms with E-state index in [1.165, 1.54) is 22.3 Å². The maximum atomic E-state index is 13.0. The van der Waals surface area contributed by atoms with Crippen LogP contribution in [-0.4, -0.2) is 34.4 Å². The Morgan fingerprint density at radius 1 is 1.10 bits per heavy atom. The molecule has 0 unspecified atom stereocenters. The molecule has 200 valence electrons. The number of hydrogen-bond acceptors (Lipinski definition) is 4. The fraction of sp³-hybridized carbons (Fsp3) is 0.441. The minimum Gasteiger partial charge on any atom is -0.377 e. The number of ketones is 1. The zero-order chi connectivity index (χ0) is 27.4. The molecule has 0 aliphatic heterocycles. The molecular formula is C34H36N2O3. The highest BCUT2D eigenvalue weighted by atomic mass is 16.3. The lowest BCUT2D eigenvalue weighted by Gasteiger charge is -2.53. The van der Waals surface area contributed by atoms with Crippen molar-refractivity contribution in [3.05, 3.63) is 82.7 Å². The Morgan fingerprint density at radius 3 is 2.62 bits per heavy atom. The first kappa shape index (κ1) is 25.8. The Kier molecular flexibility index (Phi) is 6.35. The van der Waals surface area contributed by atoms with E-state index in [1.807, 2.05) is 31.2 Å². The molecule has 1 aromatic carbocycles. The maximum Gasteiger partial charge on any atom is 0.276 e. The summed E-state index contributed by atoms with van der Waals surface area (Å²) in [6.07, 6.45) is 9.38. The molecule has 1 N–H and O–H groups in total. The van der Waals surface area contributed by atoms with Crippen LogP contribution >= 0.6 is 0 Å². The van der Waals surface area contributed by atoms with Crippen molar-refractivity contribution < 1.29 is 14.7 Å². The zero-order valence-corrected chi connectivity index (χ0v) is 23.0. The number of amides is 1. The average Bonchev–Trinajstić information content (AvgIpc) is 3.22. The van der Waals surface area contributed by atoms with Crippen molar-refractivity contribution in [2.75, 3.05) is 11.9 Å². The van der Waals surface area contributed by atoms with Gasteiger partial charge in [0.05, 0.1) is 0 Å². The molecule has 39 heavy (non-hydrogen) atoms. The van der Waals surface area contributed by atoms with E-state index >= 15 is 0 Å². The third kappa shape index (κ3) is 4.08. The summed E-state index contributed by atoms with van der Waals surface area (Å²) in [7, 11) is 1.78. The highest BCUT2D eigenvalue weighted by molar-refractivity contribution is 6.04. The number of nitrogens with zero attached hydrogens (tertiary/aromatic N) is 2. The second kappa shape index (κ2) is 9.61. The van der Waals surface area contributed by atoms with Gasteiger partial charge in [0, 0.05) is 36.7 Å². The number of rotatable bonds is 3. The van der Waals surface area contributed by atoms with Crippen LogP contribution in [0.25, 0.3) is 0 Å². The van der Waals surface area contributed by atoms with E-state index in [0.717, 1.165) is 37.8 Å². The first-order valence-electron chi connectivity index (χ1n) is 14.2. The predicted octanol–water partition coefficient (Wildman–Crippen LogP) is 6.01. The lowest BCUT2D eigenvalue weighted by molar-refractivity contribution is -0.114. The molecule has 5 heteroatoms. The number of carbonyl (C=O) groups is 2. The third-order valence-electron chi connectivity index (χ3n) is 10.1. The number of benzene rings is 1. The molecule has 5 nitrogen and oxygen atoms in total. The molecule has 4 aliphatic carbocycles. The number of anilines is 1. The number of fused-ring (bicyclic) bond motifs is 4. The van der Waals surface area contributed by atoms with Crippen molar-refractivity contribution in [3.8, 4) is 11.8 Å². The molecule has 6 rings (SSSR count). The van der Waals surface area contributed by atoms with Gasteiger partial charge in [-0.05, 0) is 104 Å². The highest BCUT2D eigenvalue weighted by Gasteiger charge is 2.62. The minimum absolute atomic E-state index is 0.136. The molecule has 0 saturated heterocycles. The summed E-state index contributed by atoms with van der Waals surface area (Å²) in [5.74, 6) is 7.24. The molecule has 2 fully saturated rings. The van der Waals surface area contributed by atoms with Crippen LogP contribution in [0.2, 0.25) is 0 Å². The van der Waals surface area contributed by atoms with Crippen LogP contribution in [0, 0.1) is 29.1 Å². The summed E-state index contributed by atoms with van der Waals surface area (Å²) in [5.41, 5.74) is 5.22. The van der Waals surface area contributed by atoms with Gasteiger partial charge in [0.2, 0.25) is 0 Å². The van der Waals surface area contributed by atoms with Gasteiger partial charge >= 0.3 is 0 Å². The van der Waals surface area contributed by atoms with Gasteiger partial charge < -0.3 is 10.0 Å². The van der Waals surface area contributed by atoms with Crippen molar-refractivity contribution >= 4 is 17.4 Å². The van der Waals surface area contributed by atoms with E-state index in [9.17, 15) is 14.7 Å². The van der Waals surface area contributed by atoms with Gasteiger partial charge in [-0.3, -0.25) is 14.6 Å². The first-order chi connectivity index (χ1) is 18.8.